The number of carbonyl (C=O) groups is 2. The van der Waals surface area contributed by atoms with E-state index in [1.54, 1.807) is 33.5 Å². The van der Waals surface area contributed by atoms with Gasteiger partial charge in [-0.15, -0.1) is 0 Å². The molecule has 0 aliphatic carbocycles. The Bertz CT molecular complexity index is 988. The van der Waals surface area contributed by atoms with Crippen molar-refractivity contribution < 1.29 is 28.9 Å². The number of carboxylic acids is 1. The molecule has 0 radical (unpaired) electrons. The second kappa shape index (κ2) is 9.97. The molecular formula is C23H26N2O6. The third kappa shape index (κ3) is 4.96. The van der Waals surface area contributed by atoms with Gasteiger partial charge in [0.1, 0.15) is 17.2 Å². The SMILES string of the molecule is COc1ccc(OC)c(C2=NN(C(=O)CCCC(=O)O)[C@@H](c3ccccc3OC)C2)c1. The number of nitrogens with zero attached hydrogens (tertiary/aromatic N) is 2. The van der Waals surface area contributed by atoms with Crippen molar-refractivity contribution in [1.82, 2.24) is 5.01 Å². The predicted molar refractivity (Wildman–Crippen MR) is 115 cm³/mol. The van der Waals surface area contributed by atoms with Crippen molar-refractivity contribution in [2.24, 2.45) is 5.10 Å². The van der Waals surface area contributed by atoms with Crippen LogP contribution in [0.15, 0.2) is 47.6 Å². The minimum Gasteiger partial charge on any atom is -0.497 e. The molecule has 1 heterocycles. The van der Waals surface area contributed by atoms with Crippen molar-refractivity contribution in [3.8, 4) is 17.2 Å². The standard InChI is InChI=1S/C23H26N2O6/c1-29-15-11-12-21(31-3)17(13-15)18-14-19(16-7-4-5-8-20(16)30-2)25(24-18)22(26)9-6-10-23(27)28/h4-5,7-8,11-13,19H,6,9-10,14H2,1-3H3,(H,27,28)/t19-/m1/s1. The molecule has 0 fully saturated rings. The van der Waals surface area contributed by atoms with Gasteiger partial charge in [-0.3, -0.25) is 9.59 Å². The number of para-hydroxylation sites is 1. The fourth-order valence-corrected chi connectivity index (χ4v) is 3.63. The Labute approximate surface area is 181 Å². The summed E-state index contributed by atoms with van der Waals surface area (Å²) >= 11 is 0. The highest BCUT2D eigenvalue weighted by atomic mass is 16.5. The molecule has 1 amide bonds. The highest BCUT2D eigenvalue weighted by Crippen LogP contribution is 2.39. The number of ether oxygens (including phenoxy) is 3. The molecule has 164 valence electrons. The lowest BCUT2D eigenvalue weighted by atomic mass is 9.97. The molecule has 1 N–H and O–H groups in total. The van der Waals surface area contributed by atoms with Gasteiger partial charge in [0.25, 0.3) is 0 Å². The second-order valence-corrected chi connectivity index (χ2v) is 7.06. The zero-order valence-electron chi connectivity index (χ0n) is 17.8. The summed E-state index contributed by atoms with van der Waals surface area (Å²) in [6.07, 6.45) is 0.717. The highest BCUT2D eigenvalue weighted by Gasteiger charge is 2.35. The Morgan fingerprint density at radius 2 is 1.77 bits per heavy atom. The minimum atomic E-state index is -0.930. The lowest BCUT2D eigenvalue weighted by Gasteiger charge is -2.23. The summed E-state index contributed by atoms with van der Waals surface area (Å²) in [5.41, 5.74) is 2.25. The monoisotopic (exact) mass is 426 g/mol. The van der Waals surface area contributed by atoms with Crippen LogP contribution in [0.2, 0.25) is 0 Å². The largest absolute Gasteiger partial charge is 0.497 e. The molecule has 0 aromatic heterocycles. The molecule has 2 aromatic rings. The van der Waals surface area contributed by atoms with Crippen LogP contribution >= 0.6 is 0 Å². The first-order valence-corrected chi connectivity index (χ1v) is 9.95. The number of rotatable bonds is 9. The Morgan fingerprint density at radius 1 is 1.03 bits per heavy atom. The Balaban J connectivity index is 1.99. The summed E-state index contributed by atoms with van der Waals surface area (Å²) in [6.45, 7) is 0. The van der Waals surface area contributed by atoms with Crippen LogP contribution in [0.25, 0.3) is 0 Å². The molecule has 1 aliphatic heterocycles. The van der Waals surface area contributed by atoms with Crippen LogP contribution in [-0.4, -0.2) is 49.0 Å². The number of carboxylic acid groups (broad SMARTS) is 1. The molecule has 0 spiro atoms. The Kier molecular flexibility index (Phi) is 7.12. The molecule has 8 heteroatoms. The summed E-state index contributed by atoms with van der Waals surface area (Å²) in [7, 11) is 4.74. The van der Waals surface area contributed by atoms with Crippen molar-refractivity contribution in [2.75, 3.05) is 21.3 Å². The number of hydrogen-bond donors (Lipinski definition) is 1. The highest BCUT2D eigenvalue weighted by molar-refractivity contribution is 6.05. The molecule has 0 saturated carbocycles. The van der Waals surface area contributed by atoms with E-state index < -0.39 is 5.97 Å². The Hall–Kier alpha value is -3.55. The zero-order chi connectivity index (χ0) is 22.4. The van der Waals surface area contributed by atoms with E-state index in [2.05, 4.69) is 5.10 Å². The van der Waals surface area contributed by atoms with Gasteiger partial charge in [-0.25, -0.2) is 5.01 Å². The first-order valence-electron chi connectivity index (χ1n) is 9.95. The number of amides is 1. The van der Waals surface area contributed by atoms with Gasteiger partial charge in [-0.05, 0) is 30.7 Å². The van der Waals surface area contributed by atoms with Gasteiger partial charge in [0.15, 0.2) is 0 Å². The van der Waals surface area contributed by atoms with E-state index in [1.165, 1.54) is 5.01 Å². The van der Waals surface area contributed by atoms with Crippen molar-refractivity contribution in [1.29, 1.82) is 0 Å². The first-order chi connectivity index (χ1) is 15.0. The van der Waals surface area contributed by atoms with Crippen LogP contribution in [0, 0.1) is 0 Å². The van der Waals surface area contributed by atoms with E-state index in [0.29, 0.717) is 29.4 Å². The fourth-order valence-electron chi connectivity index (χ4n) is 3.63. The van der Waals surface area contributed by atoms with Gasteiger partial charge in [-0.1, -0.05) is 18.2 Å². The zero-order valence-corrected chi connectivity index (χ0v) is 17.8. The molecular weight excluding hydrogens is 400 g/mol. The molecule has 8 nitrogen and oxygen atoms in total. The topological polar surface area (TPSA) is 97.7 Å². The maximum Gasteiger partial charge on any atom is 0.303 e. The van der Waals surface area contributed by atoms with E-state index in [0.717, 1.165) is 11.1 Å². The van der Waals surface area contributed by atoms with E-state index in [4.69, 9.17) is 19.3 Å². The van der Waals surface area contributed by atoms with Crippen LogP contribution in [0.3, 0.4) is 0 Å². The normalized spacial score (nSPS) is 15.4. The maximum atomic E-state index is 13.0. The fraction of sp³-hybridized carbons (Fsp3) is 0.348. The van der Waals surface area contributed by atoms with Crippen LogP contribution in [0.1, 0.15) is 42.9 Å². The molecule has 0 bridgehead atoms. The third-order valence-electron chi connectivity index (χ3n) is 5.16. The lowest BCUT2D eigenvalue weighted by molar-refractivity contribution is -0.137. The molecule has 0 saturated heterocycles. The predicted octanol–water partition coefficient (Wildman–Crippen LogP) is 3.65. The second-order valence-electron chi connectivity index (χ2n) is 7.06. The van der Waals surface area contributed by atoms with Crippen molar-refractivity contribution in [3.63, 3.8) is 0 Å². The quantitative estimate of drug-likeness (QED) is 0.657. The van der Waals surface area contributed by atoms with E-state index in [9.17, 15) is 9.59 Å². The average Bonchev–Trinajstić information content (AvgIpc) is 3.23. The molecule has 1 aliphatic rings. The number of hydrazone groups is 1. The van der Waals surface area contributed by atoms with Gasteiger partial charge >= 0.3 is 5.97 Å². The molecule has 2 aromatic carbocycles. The van der Waals surface area contributed by atoms with E-state index in [1.807, 2.05) is 30.3 Å². The van der Waals surface area contributed by atoms with Crippen molar-refractivity contribution in [3.05, 3.63) is 53.6 Å². The summed E-state index contributed by atoms with van der Waals surface area (Å²) in [5, 5.41) is 15.0. The van der Waals surface area contributed by atoms with Gasteiger partial charge in [-0.2, -0.15) is 5.10 Å². The smallest absolute Gasteiger partial charge is 0.303 e. The van der Waals surface area contributed by atoms with E-state index in [-0.39, 0.29) is 31.2 Å². The summed E-state index contributed by atoms with van der Waals surface area (Å²) in [6, 6.07) is 12.5. The average molecular weight is 426 g/mol. The Morgan fingerprint density at radius 3 is 2.45 bits per heavy atom. The summed E-state index contributed by atoms with van der Waals surface area (Å²) in [4.78, 5) is 23.8. The molecule has 0 unspecified atom stereocenters. The van der Waals surface area contributed by atoms with Gasteiger partial charge in [0, 0.05) is 30.4 Å². The number of hydrogen-bond acceptors (Lipinski definition) is 6. The number of methoxy groups -OCH3 is 3. The summed E-state index contributed by atoms with van der Waals surface area (Å²) < 4.78 is 16.4. The lowest BCUT2D eigenvalue weighted by Crippen LogP contribution is -2.27. The molecule has 1 atom stereocenters. The van der Waals surface area contributed by atoms with Gasteiger partial charge in [0.05, 0.1) is 33.1 Å². The van der Waals surface area contributed by atoms with Crippen molar-refractivity contribution >= 4 is 17.6 Å². The molecule has 31 heavy (non-hydrogen) atoms. The maximum absolute atomic E-state index is 13.0. The van der Waals surface area contributed by atoms with Gasteiger partial charge in [0.2, 0.25) is 5.91 Å². The third-order valence-corrected chi connectivity index (χ3v) is 5.16. The van der Waals surface area contributed by atoms with E-state index >= 15 is 0 Å². The van der Waals surface area contributed by atoms with Gasteiger partial charge < -0.3 is 19.3 Å². The van der Waals surface area contributed by atoms with Crippen molar-refractivity contribution in [2.45, 2.75) is 31.7 Å². The van der Waals surface area contributed by atoms with Crippen LogP contribution < -0.4 is 14.2 Å². The number of carbonyl (C=O) groups excluding carboxylic acids is 1. The number of aliphatic carboxylic acids is 1. The summed E-state index contributed by atoms with van der Waals surface area (Å²) in [5.74, 6) is 0.761. The number of benzene rings is 2. The van der Waals surface area contributed by atoms with Crippen LogP contribution in [0.4, 0.5) is 0 Å². The minimum absolute atomic E-state index is 0.0703. The van der Waals surface area contributed by atoms with Crippen LogP contribution in [-0.2, 0) is 9.59 Å². The first kappa shape index (κ1) is 22.1. The molecule has 3 rings (SSSR count). The van der Waals surface area contributed by atoms with Crippen LogP contribution in [0.5, 0.6) is 17.2 Å².